The second-order valence-electron chi connectivity index (χ2n) is 5.46. The van der Waals surface area contributed by atoms with Crippen LogP contribution in [0, 0.1) is 5.92 Å². The second-order valence-corrected chi connectivity index (χ2v) is 5.46. The summed E-state index contributed by atoms with van der Waals surface area (Å²) in [6.07, 6.45) is 2.10. The van der Waals surface area contributed by atoms with E-state index in [4.69, 9.17) is 4.74 Å². The van der Waals surface area contributed by atoms with Gasteiger partial charge in [0, 0.05) is 38.7 Å². The number of likely N-dealkylation sites (tertiary alicyclic amines) is 1. The third-order valence-corrected chi connectivity index (χ3v) is 3.70. The van der Waals surface area contributed by atoms with Crippen LogP contribution in [0.15, 0.2) is 0 Å². The summed E-state index contributed by atoms with van der Waals surface area (Å²) in [7, 11) is 0. The maximum Gasteiger partial charge on any atom is 0.219 e. The molecule has 1 saturated heterocycles. The molecule has 0 bridgehead atoms. The van der Waals surface area contributed by atoms with Crippen molar-refractivity contribution in [3.8, 4) is 0 Å². The number of carbonyl (C=O) groups is 1. The van der Waals surface area contributed by atoms with Crippen molar-refractivity contribution in [1.29, 1.82) is 0 Å². The molecule has 106 valence electrons. The average Bonchev–Trinajstić information content (AvgIpc) is 2.34. The zero-order valence-corrected chi connectivity index (χ0v) is 12.2. The van der Waals surface area contributed by atoms with Crippen LogP contribution in [-0.2, 0) is 9.53 Å². The lowest BCUT2D eigenvalue weighted by Crippen LogP contribution is -2.50. The Hall–Kier alpha value is -0.610. The highest BCUT2D eigenvalue weighted by Gasteiger charge is 2.24. The SMILES string of the molecule is CCOCC(NC1CCN(C(C)=O)CC1)C(C)C. The molecule has 1 aliphatic rings. The molecular formula is C14H28N2O2. The molecule has 0 aromatic carbocycles. The van der Waals surface area contributed by atoms with E-state index >= 15 is 0 Å². The predicted octanol–water partition coefficient (Wildman–Crippen LogP) is 1.65. The van der Waals surface area contributed by atoms with Crippen LogP contribution in [0.4, 0.5) is 0 Å². The number of hydrogen-bond donors (Lipinski definition) is 1. The Bertz CT molecular complexity index is 248. The zero-order valence-electron chi connectivity index (χ0n) is 12.2. The molecule has 1 unspecified atom stereocenters. The number of ether oxygens (including phenoxy) is 1. The van der Waals surface area contributed by atoms with E-state index in [-0.39, 0.29) is 5.91 Å². The van der Waals surface area contributed by atoms with E-state index in [0.29, 0.717) is 18.0 Å². The number of amides is 1. The van der Waals surface area contributed by atoms with Gasteiger partial charge in [-0.2, -0.15) is 0 Å². The molecular weight excluding hydrogens is 228 g/mol. The van der Waals surface area contributed by atoms with E-state index in [2.05, 4.69) is 19.2 Å². The first kappa shape index (κ1) is 15.4. The summed E-state index contributed by atoms with van der Waals surface area (Å²) in [5.74, 6) is 0.769. The molecule has 0 radical (unpaired) electrons. The van der Waals surface area contributed by atoms with Crippen LogP contribution < -0.4 is 5.32 Å². The fourth-order valence-electron chi connectivity index (χ4n) is 2.34. The summed E-state index contributed by atoms with van der Waals surface area (Å²) in [5, 5.41) is 3.69. The topological polar surface area (TPSA) is 41.6 Å². The quantitative estimate of drug-likeness (QED) is 0.785. The van der Waals surface area contributed by atoms with Crippen LogP contribution in [0.1, 0.15) is 40.5 Å². The van der Waals surface area contributed by atoms with Crippen molar-refractivity contribution in [2.24, 2.45) is 5.92 Å². The summed E-state index contributed by atoms with van der Waals surface area (Å²) in [5.41, 5.74) is 0. The first-order valence-corrected chi connectivity index (χ1v) is 7.13. The van der Waals surface area contributed by atoms with Crippen LogP contribution in [0.25, 0.3) is 0 Å². The van der Waals surface area contributed by atoms with Crippen molar-refractivity contribution in [1.82, 2.24) is 10.2 Å². The molecule has 0 saturated carbocycles. The molecule has 1 amide bonds. The van der Waals surface area contributed by atoms with Crippen molar-refractivity contribution in [2.75, 3.05) is 26.3 Å². The van der Waals surface area contributed by atoms with Crippen molar-refractivity contribution in [3.05, 3.63) is 0 Å². The Morgan fingerprint density at radius 2 is 2.00 bits per heavy atom. The summed E-state index contributed by atoms with van der Waals surface area (Å²) in [4.78, 5) is 13.2. The van der Waals surface area contributed by atoms with E-state index in [9.17, 15) is 4.79 Å². The van der Waals surface area contributed by atoms with Gasteiger partial charge in [0.1, 0.15) is 0 Å². The fourth-order valence-corrected chi connectivity index (χ4v) is 2.34. The lowest BCUT2D eigenvalue weighted by molar-refractivity contribution is -0.129. The van der Waals surface area contributed by atoms with Gasteiger partial charge in [-0.15, -0.1) is 0 Å². The van der Waals surface area contributed by atoms with Gasteiger partial charge in [-0.25, -0.2) is 0 Å². The Kier molecular flexibility index (Phi) is 6.65. The van der Waals surface area contributed by atoms with Crippen molar-refractivity contribution >= 4 is 5.91 Å². The molecule has 1 atom stereocenters. The summed E-state index contributed by atoms with van der Waals surface area (Å²) >= 11 is 0. The van der Waals surface area contributed by atoms with E-state index in [1.807, 2.05) is 11.8 Å². The minimum atomic E-state index is 0.197. The lowest BCUT2D eigenvalue weighted by Gasteiger charge is -2.35. The normalized spacial score (nSPS) is 19.3. The number of piperidine rings is 1. The highest BCUT2D eigenvalue weighted by molar-refractivity contribution is 5.73. The molecule has 1 heterocycles. The molecule has 4 heteroatoms. The molecule has 1 aliphatic heterocycles. The lowest BCUT2D eigenvalue weighted by atomic mass is 9.99. The van der Waals surface area contributed by atoms with Gasteiger partial charge in [-0.3, -0.25) is 4.79 Å². The molecule has 0 aliphatic carbocycles. The van der Waals surface area contributed by atoms with Crippen LogP contribution in [0.5, 0.6) is 0 Å². The molecule has 4 nitrogen and oxygen atoms in total. The largest absolute Gasteiger partial charge is 0.380 e. The van der Waals surface area contributed by atoms with Gasteiger partial charge in [0.25, 0.3) is 0 Å². The Morgan fingerprint density at radius 3 is 2.44 bits per heavy atom. The Morgan fingerprint density at radius 1 is 1.39 bits per heavy atom. The molecule has 1 rings (SSSR count). The van der Waals surface area contributed by atoms with E-state index < -0.39 is 0 Å². The van der Waals surface area contributed by atoms with Gasteiger partial charge in [0.2, 0.25) is 5.91 Å². The Labute approximate surface area is 111 Å². The van der Waals surface area contributed by atoms with E-state index in [1.165, 1.54) is 0 Å². The fraction of sp³-hybridized carbons (Fsp3) is 0.929. The van der Waals surface area contributed by atoms with Gasteiger partial charge in [-0.05, 0) is 25.7 Å². The summed E-state index contributed by atoms with van der Waals surface area (Å²) in [6.45, 7) is 11.4. The maximum atomic E-state index is 11.3. The second kappa shape index (κ2) is 7.74. The zero-order chi connectivity index (χ0) is 13.5. The standard InChI is InChI=1S/C14H28N2O2/c1-5-18-10-14(11(2)3)15-13-6-8-16(9-7-13)12(4)17/h11,13-15H,5-10H2,1-4H3. The van der Waals surface area contributed by atoms with Gasteiger partial charge < -0.3 is 15.0 Å². The van der Waals surface area contributed by atoms with Crippen LogP contribution in [-0.4, -0.2) is 49.2 Å². The first-order chi connectivity index (χ1) is 8.54. The molecule has 0 aromatic rings. The van der Waals surface area contributed by atoms with E-state index in [1.54, 1.807) is 6.92 Å². The molecule has 1 fully saturated rings. The molecule has 18 heavy (non-hydrogen) atoms. The summed E-state index contributed by atoms with van der Waals surface area (Å²) < 4.78 is 5.53. The Balaban J connectivity index is 2.35. The van der Waals surface area contributed by atoms with Crippen LogP contribution >= 0.6 is 0 Å². The minimum absolute atomic E-state index is 0.197. The van der Waals surface area contributed by atoms with Gasteiger partial charge >= 0.3 is 0 Å². The third kappa shape index (κ3) is 4.94. The van der Waals surface area contributed by atoms with Crippen molar-refractivity contribution in [2.45, 2.75) is 52.6 Å². The third-order valence-electron chi connectivity index (χ3n) is 3.70. The van der Waals surface area contributed by atoms with Crippen molar-refractivity contribution in [3.63, 3.8) is 0 Å². The summed E-state index contributed by atoms with van der Waals surface area (Å²) in [6, 6.07) is 0.937. The van der Waals surface area contributed by atoms with Crippen molar-refractivity contribution < 1.29 is 9.53 Å². The van der Waals surface area contributed by atoms with Crippen LogP contribution in [0.3, 0.4) is 0 Å². The van der Waals surface area contributed by atoms with E-state index in [0.717, 1.165) is 39.1 Å². The highest BCUT2D eigenvalue weighted by atomic mass is 16.5. The maximum absolute atomic E-state index is 11.3. The first-order valence-electron chi connectivity index (χ1n) is 7.13. The molecule has 0 aromatic heterocycles. The number of hydrogen-bond acceptors (Lipinski definition) is 3. The number of rotatable bonds is 6. The van der Waals surface area contributed by atoms with Gasteiger partial charge in [0.05, 0.1) is 6.61 Å². The smallest absolute Gasteiger partial charge is 0.219 e. The average molecular weight is 256 g/mol. The number of nitrogens with one attached hydrogen (secondary N) is 1. The predicted molar refractivity (Wildman–Crippen MR) is 73.5 cm³/mol. The molecule has 0 spiro atoms. The number of carbonyl (C=O) groups excluding carboxylic acids is 1. The monoisotopic (exact) mass is 256 g/mol. The minimum Gasteiger partial charge on any atom is -0.380 e. The van der Waals surface area contributed by atoms with Crippen LogP contribution in [0.2, 0.25) is 0 Å². The van der Waals surface area contributed by atoms with Gasteiger partial charge in [-0.1, -0.05) is 13.8 Å². The molecule has 1 N–H and O–H groups in total. The number of nitrogens with zero attached hydrogens (tertiary/aromatic N) is 1. The van der Waals surface area contributed by atoms with Gasteiger partial charge in [0.15, 0.2) is 0 Å². The highest BCUT2D eigenvalue weighted by Crippen LogP contribution is 2.13.